The van der Waals surface area contributed by atoms with E-state index in [9.17, 15) is 4.39 Å². The number of β-amino-alcohol motifs (C(OH)–C–C–N with tert-alkyl or cyclic N) is 1. The van der Waals surface area contributed by atoms with Crippen LogP contribution in [0.4, 0.5) is 4.39 Å². The summed E-state index contributed by atoms with van der Waals surface area (Å²) < 4.78 is 13.1. The first-order valence-electron chi connectivity index (χ1n) is 9.04. The molecule has 24 heavy (non-hydrogen) atoms. The Hall–Kier alpha value is -1.05. The van der Waals surface area contributed by atoms with Crippen LogP contribution < -0.4 is 16.2 Å². The summed E-state index contributed by atoms with van der Waals surface area (Å²) in [6, 6.07) is 7.01. The highest BCUT2D eigenvalue weighted by Gasteiger charge is 2.28. The minimum absolute atomic E-state index is 0.188. The van der Waals surface area contributed by atoms with E-state index in [0.29, 0.717) is 5.92 Å². The number of nitrogens with one attached hydrogen (secondary N) is 3. The van der Waals surface area contributed by atoms with Crippen molar-refractivity contribution < 1.29 is 9.50 Å². The Morgan fingerprint density at radius 2 is 1.92 bits per heavy atom. The zero-order valence-corrected chi connectivity index (χ0v) is 14.2. The van der Waals surface area contributed by atoms with Crippen LogP contribution in [0.5, 0.6) is 0 Å². The Kier molecular flexibility index (Phi) is 6.57. The molecule has 5 nitrogen and oxygen atoms in total. The minimum atomic E-state index is -0.188. The third-order valence-electron chi connectivity index (χ3n) is 5.29. The number of aliphatic hydroxyl groups excluding tert-OH is 1. The molecule has 0 amide bonds. The fourth-order valence-corrected chi connectivity index (χ4v) is 3.78. The summed E-state index contributed by atoms with van der Waals surface area (Å²) in [6.07, 6.45) is 2.41. The molecule has 2 unspecified atom stereocenters. The lowest BCUT2D eigenvalue weighted by molar-refractivity contribution is 0.146. The summed E-state index contributed by atoms with van der Waals surface area (Å²) in [7, 11) is 0. The third-order valence-corrected chi connectivity index (χ3v) is 5.29. The minimum Gasteiger partial charge on any atom is -0.395 e. The van der Waals surface area contributed by atoms with Crippen LogP contribution in [0.2, 0.25) is 0 Å². The Morgan fingerprint density at radius 3 is 2.62 bits per heavy atom. The zero-order valence-electron chi connectivity index (χ0n) is 14.2. The van der Waals surface area contributed by atoms with Crippen LogP contribution in [-0.2, 0) is 0 Å². The van der Waals surface area contributed by atoms with E-state index in [2.05, 4.69) is 21.1 Å². The highest BCUT2D eigenvalue weighted by Crippen LogP contribution is 2.24. The number of aliphatic hydroxyl groups is 1. The number of benzene rings is 1. The topological polar surface area (TPSA) is 59.6 Å². The second-order valence-electron chi connectivity index (χ2n) is 6.98. The quantitative estimate of drug-likeness (QED) is 0.596. The second kappa shape index (κ2) is 8.87. The van der Waals surface area contributed by atoms with Gasteiger partial charge in [-0.1, -0.05) is 12.1 Å². The van der Waals surface area contributed by atoms with Crippen LogP contribution in [0.3, 0.4) is 0 Å². The lowest BCUT2D eigenvalue weighted by Gasteiger charge is -2.31. The van der Waals surface area contributed by atoms with Crippen molar-refractivity contribution in [2.24, 2.45) is 11.8 Å². The molecule has 6 heteroatoms. The van der Waals surface area contributed by atoms with Crippen molar-refractivity contribution in [3.63, 3.8) is 0 Å². The Morgan fingerprint density at radius 1 is 1.17 bits per heavy atom. The first-order valence-corrected chi connectivity index (χ1v) is 9.04. The first kappa shape index (κ1) is 17.8. The van der Waals surface area contributed by atoms with E-state index < -0.39 is 0 Å². The van der Waals surface area contributed by atoms with Gasteiger partial charge in [0.1, 0.15) is 5.82 Å². The van der Waals surface area contributed by atoms with Gasteiger partial charge in [-0.25, -0.2) is 9.82 Å². The molecule has 0 radical (unpaired) electrons. The number of rotatable bonds is 7. The monoisotopic (exact) mass is 336 g/mol. The SMILES string of the molecule is OCCN1CCC(CNCC2CNNC2c2ccc(F)cc2)CC1. The molecule has 2 heterocycles. The van der Waals surface area contributed by atoms with E-state index in [1.54, 1.807) is 0 Å². The van der Waals surface area contributed by atoms with Crippen LogP contribution in [0.1, 0.15) is 24.4 Å². The van der Waals surface area contributed by atoms with Gasteiger partial charge in [0.05, 0.1) is 12.6 Å². The molecule has 2 saturated heterocycles. The normalized spacial score (nSPS) is 26.1. The average molecular weight is 336 g/mol. The molecule has 0 bridgehead atoms. The van der Waals surface area contributed by atoms with E-state index in [4.69, 9.17) is 5.11 Å². The van der Waals surface area contributed by atoms with Crippen molar-refractivity contribution in [2.75, 3.05) is 45.9 Å². The van der Waals surface area contributed by atoms with E-state index >= 15 is 0 Å². The van der Waals surface area contributed by atoms with Crippen LogP contribution in [0, 0.1) is 17.7 Å². The highest BCUT2D eigenvalue weighted by molar-refractivity contribution is 5.21. The van der Waals surface area contributed by atoms with Crippen LogP contribution in [0.25, 0.3) is 0 Å². The lowest BCUT2D eigenvalue weighted by atomic mass is 9.93. The molecular weight excluding hydrogens is 307 g/mol. The van der Waals surface area contributed by atoms with Crippen LogP contribution in [-0.4, -0.2) is 55.9 Å². The molecule has 0 spiro atoms. The van der Waals surface area contributed by atoms with Gasteiger partial charge in [-0.2, -0.15) is 0 Å². The van der Waals surface area contributed by atoms with Gasteiger partial charge in [0, 0.05) is 25.6 Å². The fraction of sp³-hybridized carbons (Fsp3) is 0.667. The van der Waals surface area contributed by atoms with Gasteiger partial charge in [-0.05, 0) is 56.1 Å². The van der Waals surface area contributed by atoms with Crippen molar-refractivity contribution in [1.82, 2.24) is 21.1 Å². The molecular formula is C18H29FN4O. The number of nitrogens with zero attached hydrogens (tertiary/aromatic N) is 1. The number of hydrogen-bond donors (Lipinski definition) is 4. The maximum Gasteiger partial charge on any atom is 0.123 e. The Labute approximate surface area is 143 Å². The molecule has 0 saturated carbocycles. The van der Waals surface area contributed by atoms with Gasteiger partial charge in [0.2, 0.25) is 0 Å². The first-order chi connectivity index (χ1) is 11.8. The van der Waals surface area contributed by atoms with Gasteiger partial charge < -0.3 is 15.3 Å². The highest BCUT2D eigenvalue weighted by atomic mass is 19.1. The summed E-state index contributed by atoms with van der Waals surface area (Å²) in [5.74, 6) is 1.00. The van der Waals surface area contributed by atoms with E-state index in [0.717, 1.165) is 50.7 Å². The third kappa shape index (κ3) is 4.74. The largest absolute Gasteiger partial charge is 0.395 e. The number of likely N-dealkylation sites (tertiary alicyclic amines) is 1. The van der Waals surface area contributed by atoms with Gasteiger partial charge >= 0.3 is 0 Å². The van der Waals surface area contributed by atoms with E-state index in [-0.39, 0.29) is 18.5 Å². The summed E-state index contributed by atoms with van der Waals surface area (Å²) in [5.41, 5.74) is 7.67. The molecule has 4 N–H and O–H groups in total. The van der Waals surface area contributed by atoms with Crippen LogP contribution >= 0.6 is 0 Å². The maximum atomic E-state index is 13.1. The van der Waals surface area contributed by atoms with Crippen molar-refractivity contribution in [1.29, 1.82) is 0 Å². The summed E-state index contributed by atoms with van der Waals surface area (Å²) in [5, 5.41) is 12.6. The molecule has 2 atom stereocenters. The van der Waals surface area contributed by atoms with Crippen molar-refractivity contribution >= 4 is 0 Å². The fourth-order valence-electron chi connectivity index (χ4n) is 3.78. The molecule has 134 valence electrons. The Balaban J connectivity index is 1.41. The van der Waals surface area contributed by atoms with Crippen molar-refractivity contribution in [2.45, 2.75) is 18.9 Å². The Bertz CT molecular complexity index is 490. The molecule has 0 aromatic heterocycles. The smallest absolute Gasteiger partial charge is 0.123 e. The molecule has 2 fully saturated rings. The molecule has 1 aromatic carbocycles. The number of halogens is 1. The molecule has 1 aromatic rings. The van der Waals surface area contributed by atoms with Gasteiger partial charge in [0.15, 0.2) is 0 Å². The summed E-state index contributed by atoms with van der Waals surface area (Å²) in [6.45, 7) is 6.19. The predicted octanol–water partition coefficient (Wildman–Crippen LogP) is 0.885. The van der Waals surface area contributed by atoms with Crippen molar-refractivity contribution in [3.05, 3.63) is 35.6 Å². The molecule has 2 aliphatic rings. The standard InChI is InChI=1S/C18H29FN4O/c19-17-3-1-15(2-4-17)18-16(13-21-22-18)12-20-11-14-5-7-23(8-6-14)9-10-24/h1-4,14,16,18,20-22,24H,5-13H2. The summed E-state index contributed by atoms with van der Waals surface area (Å²) >= 11 is 0. The number of piperidine rings is 1. The van der Waals surface area contributed by atoms with Gasteiger partial charge in [-0.15, -0.1) is 0 Å². The zero-order chi connectivity index (χ0) is 16.8. The lowest BCUT2D eigenvalue weighted by Crippen LogP contribution is -2.39. The number of hydrazine groups is 1. The second-order valence-corrected chi connectivity index (χ2v) is 6.98. The van der Waals surface area contributed by atoms with Crippen LogP contribution in [0.15, 0.2) is 24.3 Å². The maximum absolute atomic E-state index is 13.1. The number of hydrogen-bond acceptors (Lipinski definition) is 5. The summed E-state index contributed by atoms with van der Waals surface area (Å²) in [4.78, 5) is 2.34. The average Bonchev–Trinajstić information content (AvgIpc) is 3.06. The molecule has 0 aliphatic carbocycles. The van der Waals surface area contributed by atoms with Gasteiger partial charge in [-0.3, -0.25) is 5.43 Å². The molecule has 2 aliphatic heterocycles. The van der Waals surface area contributed by atoms with Crippen molar-refractivity contribution in [3.8, 4) is 0 Å². The van der Waals surface area contributed by atoms with Gasteiger partial charge in [0.25, 0.3) is 0 Å². The molecule has 3 rings (SSSR count). The predicted molar refractivity (Wildman–Crippen MR) is 92.9 cm³/mol. The van der Waals surface area contributed by atoms with E-state index in [1.165, 1.54) is 25.0 Å². The van der Waals surface area contributed by atoms with E-state index in [1.807, 2.05) is 12.1 Å².